The van der Waals surface area contributed by atoms with E-state index in [4.69, 9.17) is 5.11 Å². The first-order chi connectivity index (χ1) is 6.66. The summed E-state index contributed by atoms with van der Waals surface area (Å²) in [6, 6.07) is 0. The van der Waals surface area contributed by atoms with Crippen molar-refractivity contribution in [2.45, 2.75) is 46.1 Å². The van der Waals surface area contributed by atoms with E-state index in [0.717, 1.165) is 0 Å². The molecule has 1 fully saturated rings. The first-order valence-electron chi connectivity index (χ1n) is 5.19. The van der Waals surface area contributed by atoms with Crippen molar-refractivity contribution in [1.82, 2.24) is 5.32 Å². The SMILES string of the molecule is CC1(C)CC(CC(=O)O)C(=O)NC1(C)C. The number of hydrogen-bond donors (Lipinski definition) is 2. The van der Waals surface area contributed by atoms with E-state index >= 15 is 0 Å². The van der Waals surface area contributed by atoms with Gasteiger partial charge in [0.2, 0.25) is 5.91 Å². The Kier molecular flexibility index (Phi) is 2.81. The molecule has 1 unspecified atom stereocenters. The Labute approximate surface area is 90.0 Å². The highest BCUT2D eigenvalue weighted by atomic mass is 16.4. The van der Waals surface area contributed by atoms with E-state index in [2.05, 4.69) is 19.2 Å². The molecule has 0 spiro atoms. The van der Waals surface area contributed by atoms with E-state index in [1.807, 2.05) is 13.8 Å². The lowest BCUT2D eigenvalue weighted by Gasteiger charge is -2.48. The Hall–Kier alpha value is -1.06. The summed E-state index contributed by atoms with van der Waals surface area (Å²) in [7, 11) is 0. The van der Waals surface area contributed by atoms with Crippen molar-refractivity contribution >= 4 is 11.9 Å². The number of nitrogens with one attached hydrogen (secondary N) is 1. The van der Waals surface area contributed by atoms with Crippen LogP contribution in [0, 0.1) is 11.3 Å². The molecule has 1 heterocycles. The Morgan fingerprint density at radius 3 is 2.47 bits per heavy atom. The zero-order valence-electron chi connectivity index (χ0n) is 9.76. The van der Waals surface area contributed by atoms with Gasteiger partial charge in [-0.15, -0.1) is 0 Å². The van der Waals surface area contributed by atoms with Crippen LogP contribution in [0.2, 0.25) is 0 Å². The topological polar surface area (TPSA) is 66.4 Å². The van der Waals surface area contributed by atoms with Crippen LogP contribution in [0.25, 0.3) is 0 Å². The summed E-state index contributed by atoms with van der Waals surface area (Å²) in [6.07, 6.45) is 0.545. The van der Waals surface area contributed by atoms with E-state index in [-0.39, 0.29) is 23.3 Å². The molecule has 15 heavy (non-hydrogen) atoms. The summed E-state index contributed by atoms with van der Waals surface area (Å²) >= 11 is 0. The van der Waals surface area contributed by atoms with Gasteiger partial charge in [0.25, 0.3) is 0 Å². The molecule has 4 heteroatoms. The number of carbonyl (C=O) groups excluding carboxylic acids is 1. The van der Waals surface area contributed by atoms with Crippen LogP contribution in [0.3, 0.4) is 0 Å². The minimum Gasteiger partial charge on any atom is -0.481 e. The molecular formula is C11H19NO3. The van der Waals surface area contributed by atoms with Crippen LogP contribution in [-0.4, -0.2) is 22.5 Å². The van der Waals surface area contributed by atoms with Gasteiger partial charge in [-0.1, -0.05) is 13.8 Å². The molecule has 0 aromatic rings. The number of amides is 1. The Bertz CT molecular complexity index is 294. The first-order valence-corrected chi connectivity index (χ1v) is 5.19. The summed E-state index contributed by atoms with van der Waals surface area (Å²) in [5.41, 5.74) is -0.361. The molecule has 0 aromatic heterocycles. The van der Waals surface area contributed by atoms with E-state index < -0.39 is 11.9 Å². The van der Waals surface area contributed by atoms with Crippen LogP contribution in [-0.2, 0) is 9.59 Å². The predicted octanol–water partition coefficient (Wildman–Crippen LogP) is 1.40. The largest absolute Gasteiger partial charge is 0.481 e. The molecule has 0 bridgehead atoms. The lowest BCUT2D eigenvalue weighted by Crippen LogP contribution is -2.60. The molecular weight excluding hydrogens is 194 g/mol. The van der Waals surface area contributed by atoms with Crippen molar-refractivity contribution in [1.29, 1.82) is 0 Å². The molecule has 1 aliphatic rings. The number of hydrogen-bond acceptors (Lipinski definition) is 2. The van der Waals surface area contributed by atoms with Gasteiger partial charge < -0.3 is 10.4 Å². The van der Waals surface area contributed by atoms with Crippen LogP contribution >= 0.6 is 0 Å². The Morgan fingerprint density at radius 1 is 1.47 bits per heavy atom. The molecule has 1 aliphatic heterocycles. The van der Waals surface area contributed by atoms with Gasteiger partial charge in [0.15, 0.2) is 0 Å². The number of carboxylic acid groups (broad SMARTS) is 1. The van der Waals surface area contributed by atoms with Crippen molar-refractivity contribution < 1.29 is 14.7 Å². The monoisotopic (exact) mass is 213 g/mol. The molecule has 1 rings (SSSR count). The molecule has 0 aliphatic carbocycles. The molecule has 1 amide bonds. The molecule has 4 nitrogen and oxygen atoms in total. The fourth-order valence-electron chi connectivity index (χ4n) is 1.92. The van der Waals surface area contributed by atoms with Crippen LogP contribution < -0.4 is 5.32 Å². The summed E-state index contributed by atoms with van der Waals surface area (Å²) in [5, 5.41) is 11.6. The minimum absolute atomic E-state index is 0.0780. The maximum Gasteiger partial charge on any atom is 0.304 e. The third-order valence-corrected chi connectivity index (χ3v) is 3.68. The van der Waals surface area contributed by atoms with E-state index in [1.54, 1.807) is 0 Å². The van der Waals surface area contributed by atoms with Gasteiger partial charge in [0.1, 0.15) is 0 Å². The Morgan fingerprint density at radius 2 is 2.00 bits per heavy atom. The average molecular weight is 213 g/mol. The highest BCUT2D eigenvalue weighted by molar-refractivity contribution is 5.84. The fourth-order valence-corrected chi connectivity index (χ4v) is 1.92. The fraction of sp³-hybridized carbons (Fsp3) is 0.818. The second-order valence-electron chi connectivity index (χ2n) is 5.50. The second kappa shape index (κ2) is 3.51. The summed E-state index contributed by atoms with van der Waals surface area (Å²) in [6.45, 7) is 8.06. The third kappa shape index (κ3) is 2.30. The molecule has 2 N–H and O–H groups in total. The molecule has 1 atom stereocenters. The maximum atomic E-state index is 11.7. The lowest BCUT2D eigenvalue weighted by atomic mass is 9.65. The van der Waals surface area contributed by atoms with Crippen molar-refractivity contribution in [3.05, 3.63) is 0 Å². The van der Waals surface area contributed by atoms with Crippen LogP contribution in [0.15, 0.2) is 0 Å². The van der Waals surface area contributed by atoms with Crippen molar-refractivity contribution in [3.8, 4) is 0 Å². The third-order valence-electron chi connectivity index (χ3n) is 3.68. The number of carbonyl (C=O) groups is 2. The maximum absolute atomic E-state index is 11.7. The van der Waals surface area contributed by atoms with Crippen LogP contribution in [0.1, 0.15) is 40.5 Å². The minimum atomic E-state index is -0.911. The summed E-state index contributed by atoms with van der Waals surface area (Å²) < 4.78 is 0. The highest BCUT2D eigenvalue weighted by Gasteiger charge is 2.46. The predicted molar refractivity (Wildman–Crippen MR) is 56.4 cm³/mol. The molecule has 86 valence electrons. The average Bonchev–Trinajstić information content (AvgIpc) is 1.98. The number of carboxylic acids is 1. The number of aliphatic carboxylic acids is 1. The molecule has 0 aromatic carbocycles. The standard InChI is InChI=1S/C11H19NO3/c1-10(2)6-7(5-8(13)14)9(15)12-11(10,3)4/h7H,5-6H2,1-4H3,(H,12,15)(H,13,14). The first kappa shape index (κ1) is 12.0. The summed E-state index contributed by atoms with van der Waals surface area (Å²) in [4.78, 5) is 22.3. The van der Waals surface area contributed by atoms with Crippen LogP contribution in [0.5, 0.6) is 0 Å². The number of rotatable bonds is 2. The molecule has 1 saturated heterocycles. The molecule has 0 saturated carbocycles. The highest BCUT2D eigenvalue weighted by Crippen LogP contribution is 2.41. The van der Waals surface area contributed by atoms with Gasteiger partial charge in [-0.2, -0.15) is 0 Å². The van der Waals surface area contributed by atoms with Gasteiger partial charge in [0, 0.05) is 11.5 Å². The zero-order valence-corrected chi connectivity index (χ0v) is 9.76. The van der Waals surface area contributed by atoms with Crippen molar-refractivity contribution in [2.75, 3.05) is 0 Å². The van der Waals surface area contributed by atoms with Gasteiger partial charge in [-0.05, 0) is 25.7 Å². The Balaban J connectivity index is 2.82. The van der Waals surface area contributed by atoms with Crippen molar-refractivity contribution in [3.63, 3.8) is 0 Å². The lowest BCUT2D eigenvalue weighted by molar-refractivity contribution is -0.145. The van der Waals surface area contributed by atoms with Gasteiger partial charge in [-0.3, -0.25) is 9.59 Å². The molecule has 0 radical (unpaired) electrons. The van der Waals surface area contributed by atoms with Gasteiger partial charge in [-0.25, -0.2) is 0 Å². The van der Waals surface area contributed by atoms with E-state index in [1.165, 1.54) is 0 Å². The zero-order chi connectivity index (χ0) is 11.9. The summed E-state index contributed by atoms with van der Waals surface area (Å²) in [5.74, 6) is -1.45. The van der Waals surface area contributed by atoms with E-state index in [9.17, 15) is 9.59 Å². The number of piperidine rings is 1. The second-order valence-corrected chi connectivity index (χ2v) is 5.50. The van der Waals surface area contributed by atoms with Gasteiger partial charge in [0.05, 0.1) is 6.42 Å². The quantitative estimate of drug-likeness (QED) is 0.728. The van der Waals surface area contributed by atoms with Crippen molar-refractivity contribution in [2.24, 2.45) is 11.3 Å². The van der Waals surface area contributed by atoms with Crippen LogP contribution in [0.4, 0.5) is 0 Å². The normalized spacial score (nSPS) is 28.3. The van der Waals surface area contributed by atoms with Gasteiger partial charge >= 0.3 is 5.97 Å². The van der Waals surface area contributed by atoms with E-state index in [0.29, 0.717) is 6.42 Å². The smallest absolute Gasteiger partial charge is 0.304 e.